The van der Waals surface area contributed by atoms with Gasteiger partial charge in [-0.15, -0.1) is 0 Å². The highest BCUT2D eigenvalue weighted by molar-refractivity contribution is 9.08. The largest absolute Gasteiger partial charge is 0.227 e. The van der Waals surface area contributed by atoms with Crippen LogP contribution in [0.15, 0.2) is 36.5 Å². The molecule has 0 bridgehead atoms. The summed E-state index contributed by atoms with van der Waals surface area (Å²) < 4.78 is 26.2. The Morgan fingerprint density at radius 3 is 2.44 bits per heavy atom. The predicted molar refractivity (Wildman–Crippen MR) is 62.2 cm³/mol. The molecule has 0 atom stereocenters. The van der Waals surface area contributed by atoms with Gasteiger partial charge >= 0.3 is 0 Å². The Morgan fingerprint density at radius 1 is 1.12 bits per heavy atom. The molecule has 0 radical (unpaired) electrons. The van der Waals surface area contributed by atoms with Crippen molar-refractivity contribution in [3.8, 4) is 11.1 Å². The third kappa shape index (κ3) is 2.27. The molecule has 82 valence electrons. The molecule has 2 aromatic rings. The minimum Gasteiger partial charge on any atom is -0.227 e. The highest BCUT2D eigenvalue weighted by Gasteiger charge is 2.07. The fourth-order valence-electron chi connectivity index (χ4n) is 1.40. The van der Waals surface area contributed by atoms with E-state index >= 15 is 0 Å². The number of rotatable bonds is 2. The summed E-state index contributed by atoms with van der Waals surface area (Å²) in [5.74, 6) is -0.884. The topological polar surface area (TPSA) is 12.9 Å². The highest BCUT2D eigenvalue weighted by Crippen LogP contribution is 2.23. The van der Waals surface area contributed by atoms with Crippen LogP contribution in [0.2, 0.25) is 0 Å². The Hall–Kier alpha value is -1.29. The van der Waals surface area contributed by atoms with Gasteiger partial charge in [0.05, 0.1) is 0 Å². The maximum Gasteiger partial charge on any atom is 0.220 e. The standard InChI is InChI=1S/C12H8BrF2N/c13-6-8-5-11(12(15)16-7-8)9-1-3-10(14)4-2-9/h1-5,7H,6H2. The average molecular weight is 284 g/mol. The fraction of sp³-hybridized carbons (Fsp3) is 0.0833. The second kappa shape index (κ2) is 4.70. The first-order valence-electron chi connectivity index (χ1n) is 4.67. The molecule has 0 aliphatic heterocycles. The Morgan fingerprint density at radius 2 is 1.81 bits per heavy atom. The summed E-state index contributed by atoms with van der Waals surface area (Å²) in [7, 11) is 0. The summed E-state index contributed by atoms with van der Waals surface area (Å²) in [6, 6.07) is 7.37. The fourth-order valence-corrected chi connectivity index (χ4v) is 1.70. The first kappa shape index (κ1) is 11.2. The van der Waals surface area contributed by atoms with Crippen molar-refractivity contribution in [2.75, 3.05) is 0 Å². The molecule has 1 nitrogen and oxygen atoms in total. The number of aromatic nitrogens is 1. The maximum absolute atomic E-state index is 13.5. The van der Waals surface area contributed by atoms with E-state index < -0.39 is 5.95 Å². The minimum absolute atomic E-state index is 0.339. The SMILES string of the molecule is Fc1ccc(-c2cc(CBr)cnc2F)cc1. The molecule has 0 fully saturated rings. The maximum atomic E-state index is 13.5. The van der Waals surface area contributed by atoms with Crippen LogP contribution >= 0.6 is 15.9 Å². The third-order valence-corrected chi connectivity index (χ3v) is 2.85. The number of hydrogen-bond donors (Lipinski definition) is 0. The van der Waals surface area contributed by atoms with E-state index in [9.17, 15) is 8.78 Å². The first-order chi connectivity index (χ1) is 7.70. The zero-order valence-corrected chi connectivity index (χ0v) is 9.84. The molecule has 0 amide bonds. The van der Waals surface area contributed by atoms with Gasteiger partial charge in [-0.2, -0.15) is 4.39 Å². The lowest BCUT2D eigenvalue weighted by Gasteiger charge is -2.04. The summed E-state index contributed by atoms with van der Waals surface area (Å²) in [6.45, 7) is 0. The smallest absolute Gasteiger partial charge is 0.220 e. The van der Waals surface area contributed by atoms with Crippen LogP contribution in [-0.4, -0.2) is 4.98 Å². The number of hydrogen-bond acceptors (Lipinski definition) is 1. The van der Waals surface area contributed by atoms with Crippen molar-refractivity contribution in [2.45, 2.75) is 5.33 Å². The number of nitrogens with zero attached hydrogens (tertiary/aromatic N) is 1. The summed E-state index contributed by atoms with van der Waals surface area (Å²) in [6.07, 6.45) is 1.47. The number of halogens is 3. The van der Waals surface area contributed by atoms with Gasteiger partial charge in [0.2, 0.25) is 5.95 Å². The molecular formula is C12H8BrF2N. The summed E-state index contributed by atoms with van der Waals surface area (Å²) in [5.41, 5.74) is 1.88. The third-order valence-electron chi connectivity index (χ3n) is 2.21. The van der Waals surface area contributed by atoms with Gasteiger partial charge in [0, 0.05) is 17.1 Å². The van der Waals surface area contributed by atoms with Crippen molar-refractivity contribution in [1.82, 2.24) is 4.98 Å². The minimum atomic E-state index is -0.545. The van der Waals surface area contributed by atoms with Crippen molar-refractivity contribution < 1.29 is 8.78 Å². The van der Waals surface area contributed by atoms with E-state index in [1.54, 1.807) is 6.07 Å². The van der Waals surface area contributed by atoms with Crippen molar-refractivity contribution in [1.29, 1.82) is 0 Å². The van der Waals surface area contributed by atoms with Gasteiger partial charge in [-0.25, -0.2) is 9.37 Å². The van der Waals surface area contributed by atoms with Crippen molar-refractivity contribution in [2.24, 2.45) is 0 Å². The van der Waals surface area contributed by atoms with E-state index in [1.165, 1.54) is 30.5 Å². The zero-order chi connectivity index (χ0) is 11.5. The second-order valence-electron chi connectivity index (χ2n) is 3.32. The van der Waals surface area contributed by atoms with Gasteiger partial charge in [-0.1, -0.05) is 28.1 Å². The second-order valence-corrected chi connectivity index (χ2v) is 3.88. The van der Waals surface area contributed by atoms with Crippen molar-refractivity contribution in [3.05, 3.63) is 53.9 Å². The summed E-state index contributed by atoms with van der Waals surface area (Å²) in [5, 5.41) is 0.606. The molecule has 1 aromatic heterocycles. The molecule has 0 aliphatic carbocycles. The number of alkyl halides is 1. The monoisotopic (exact) mass is 283 g/mol. The van der Waals surface area contributed by atoms with Crippen LogP contribution in [0, 0.1) is 11.8 Å². The summed E-state index contributed by atoms with van der Waals surface area (Å²) >= 11 is 3.28. The normalized spacial score (nSPS) is 10.4. The van der Waals surface area contributed by atoms with Crippen LogP contribution < -0.4 is 0 Å². The number of pyridine rings is 1. The van der Waals surface area contributed by atoms with E-state index in [0.717, 1.165) is 5.56 Å². The van der Waals surface area contributed by atoms with Gasteiger partial charge < -0.3 is 0 Å². The van der Waals surface area contributed by atoms with Gasteiger partial charge in [0.1, 0.15) is 5.82 Å². The van der Waals surface area contributed by atoms with E-state index in [-0.39, 0.29) is 5.82 Å². The van der Waals surface area contributed by atoms with Crippen LogP contribution in [0.25, 0.3) is 11.1 Å². The van der Waals surface area contributed by atoms with Gasteiger partial charge in [-0.05, 0) is 29.3 Å². The Kier molecular flexibility index (Phi) is 3.29. The molecule has 0 aliphatic rings. The lowest BCUT2D eigenvalue weighted by atomic mass is 10.1. The Bertz CT molecular complexity index is 497. The van der Waals surface area contributed by atoms with E-state index in [2.05, 4.69) is 20.9 Å². The van der Waals surface area contributed by atoms with E-state index in [0.29, 0.717) is 16.5 Å². The molecule has 0 saturated heterocycles. The van der Waals surface area contributed by atoms with Crippen molar-refractivity contribution in [3.63, 3.8) is 0 Å². The molecule has 1 aromatic carbocycles. The molecule has 4 heteroatoms. The molecule has 16 heavy (non-hydrogen) atoms. The lowest BCUT2D eigenvalue weighted by molar-refractivity contribution is 0.586. The predicted octanol–water partition coefficient (Wildman–Crippen LogP) is 3.92. The van der Waals surface area contributed by atoms with E-state index in [1.807, 2.05) is 0 Å². The zero-order valence-electron chi connectivity index (χ0n) is 8.25. The molecule has 0 N–H and O–H groups in total. The lowest BCUT2D eigenvalue weighted by Crippen LogP contribution is -1.91. The molecule has 0 unspecified atom stereocenters. The molecule has 0 spiro atoms. The quantitative estimate of drug-likeness (QED) is 0.601. The van der Waals surface area contributed by atoms with Crippen LogP contribution in [0.4, 0.5) is 8.78 Å². The number of benzene rings is 1. The van der Waals surface area contributed by atoms with Crippen LogP contribution in [-0.2, 0) is 5.33 Å². The Balaban J connectivity index is 2.50. The van der Waals surface area contributed by atoms with Gasteiger partial charge in [0.15, 0.2) is 0 Å². The molecule has 1 heterocycles. The van der Waals surface area contributed by atoms with Gasteiger partial charge in [0.25, 0.3) is 0 Å². The molecule has 0 saturated carbocycles. The van der Waals surface area contributed by atoms with Crippen LogP contribution in [0.1, 0.15) is 5.56 Å². The highest BCUT2D eigenvalue weighted by atomic mass is 79.9. The van der Waals surface area contributed by atoms with E-state index in [4.69, 9.17) is 0 Å². The first-order valence-corrected chi connectivity index (χ1v) is 5.79. The van der Waals surface area contributed by atoms with Crippen LogP contribution in [0.3, 0.4) is 0 Å². The van der Waals surface area contributed by atoms with Gasteiger partial charge in [-0.3, -0.25) is 0 Å². The average Bonchev–Trinajstić information content (AvgIpc) is 2.31. The molecule has 2 rings (SSSR count). The molecular weight excluding hydrogens is 276 g/mol. The Labute approximate surface area is 100 Å². The van der Waals surface area contributed by atoms with Crippen molar-refractivity contribution >= 4 is 15.9 Å². The van der Waals surface area contributed by atoms with Crippen LogP contribution in [0.5, 0.6) is 0 Å². The summed E-state index contributed by atoms with van der Waals surface area (Å²) in [4.78, 5) is 3.66.